The molecule has 0 aliphatic heterocycles. The maximum absolute atomic E-state index is 12.1. The number of anilines is 1. The van der Waals surface area contributed by atoms with Gasteiger partial charge < -0.3 is 15.0 Å². The molecule has 5 nitrogen and oxygen atoms in total. The molecule has 98 valence electrons. The standard InChI is InChI=1S/C13H19N3O2/c17-8-5-13(3-4-13)9-15-11-12(18)16(7-6-14-11)10-1-2-10/h6-7,10,17H,1-5,8-9H2,(H,14,15). The zero-order chi connectivity index (χ0) is 12.6. The number of rotatable bonds is 6. The summed E-state index contributed by atoms with van der Waals surface area (Å²) in [4.78, 5) is 16.3. The van der Waals surface area contributed by atoms with Crippen LogP contribution in [0.1, 0.15) is 38.1 Å². The fourth-order valence-corrected chi connectivity index (χ4v) is 2.39. The van der Waals surface area contributed by atoms with Crippen LogP contribution >= 0.6 is 0 Å². The van der Waals surface area contributed by atoms with E-state index < -0.39 is 0 Å². The van der Waals surface area contributed by atoms with Crippen molar-refractivity contribution in [1.29, 1.82) is 0 Å². The lowest BCUT2D eigenvalue weighted by atomic mass is 10.0. The minimum Gasteiger partial charge on any atom is -0.396 e. The summed E-state index contributed by atoms with van der Waals surface area (Å²) >= 11 is 0. The first kappa shape index (κ1) is 11.7. The van der Waals surface area contributed by atoms with Crippen LogP contribution in [0.2, 0.25) is 0 Å². The Kier molecular flexibility index (Phi) is 2.86. The van der Waals surface area contributed by atoms with Crippen molar-refractivity contribution in [3.8, 4) is 0 Å². The molecule has 0 atom stereocenters. The van der Waals surface area contributed by atoms with Crippen molar-refractivity contribution >= 4 is 5.82 Å². The number of hydrogen-bond donors (Lipinski definition) is 2. The highest BCUT2D eigenvalue weighted by Crippen LogP contribution is 2.48. The Morgan fingerprint density at radius 2 is 2.28 bits per heavy atom. The van der Waals surface area contributed by atoms with Crippen molar-refractivity contribution in [3.63, 3.8) is 0 Å². The molecule has 0 radical (unpaired) electrons. The average molecular weight is 249 g/mol. The van der Waals surface area contributed by atoms with Gasteiger partial charge in [0, 0.05) is 31.6 Å². The van der Waals surface area contributed by atoms with Crippen molar-refractivity contribution in [2.75, 3.05) is 18.5 Å². The Labute approximate surface area is 106 Å². The first-order chi connectivity index (χ1) is 8.74. The van der Waals surface area contributed by atoms with E-state index in [-0.39, 0.29) is 17.6 Å². The third-order valence-corrected chi connectivity index (χ3v) is 4.04. The van der Waals surface area contributed by atoms with Gasteiger partial charge in [-0.15, -0.1) is 0 Å². The minimum atomic E-state index is -0.0141. The average Bonchev–Trinajstić information content (AvgIpc) is 3.24. The first-order valence-electron chi connectivity index (χ1n) is 6.66. The fourth-order valence-electron chi connectivity index (χ4n) is 2.39. The second-order valence-electron chi connectivity index (χ2n) is 5.55. The Morgan fingerprint density at radius 1 is 1.50 bits per heavy atom. The van der Waals surface area contributed by atoms with Crippen LogP contribution in [0.5, 0.6) is 0 Å². The van der Waals surface area contributed by atoms with Gasteiger partial charge >= 0.3 is 0 Å². The zero-order valence-corrected chi connectivity index (χ0v) is 10.4. The molecule has 0 aromatic carbocycles. The smallest absolute Gasteiger partial charge is 0.293 e. The van der Waals surface area contributed by atoms with E-state index in [0.29, 0.717) is 11.9 Å². The second kappa shape index (κ2) is 4.39. The molecule has 1 heterocycles. The summed E-state index contributed by atoms with van der Waals surface area (Å²) < 4.78 is 1.78. The molecule has 18 heavy (non-hydrogen) atoms. The lowest BCUT2D eigenvalue weighted by Gasteiger charge is -2.15. The summed E-state index contributed by atoms with van der Waals surface area (Å²) in [5, 5.41) is 12.2. The second-order valence-corrected chi connectivity index (χ2v) is 5.55. The SMILES string of the molecule is O=c1c(NCC2(CCO)CC2)nccn1C1CC1. The van der Waals surface area contributed by atoms with Gasteiger partial charge in [-0.05, 0) is 37.5 Å². The predicted octanol–water partition coefficient (Wildman–Crippen LogP) is 1.15. The van der Waals surface area contributed by atoms with E-state index in [2.05, 4.69) is 10.3 Å². The lowest BCUT2D eigenvalue weighted by Crippen LogP contribution is -2.26. The molecule has 3 rings (SSSR count). The fraction of sp³-hybridized carbons (Fsp3) is 0.692. The van der Waals surface area contributed by atoms with Crippen molar-refractivity contribution in [1.82, 2.24) is 9.55 Å². The van der Waals surface area contributed by atoms with Crippen LogP contribution in [-0.4, -0.2) is 27.8 Å². The largest absolute Gasteiger partial charge is 0.396 e. The van der Waals surface area contributed by atoms with Crippen molar-refractivity contribution < 1.29 is 5.11 Å². The quantitative estimate of drug-likeness (QED) is 0.793. The van der Waals surface area contributed by atoms with Crippen molar-refractivity contribution in [2.45, 2.75) is 38.1 Å². The van der Waals surface area contributed by atoms with E-state index in [1.165, 1.54) is 0 Å². The number of aliphatic hydroxyl groups is 1. The van der Waals surface area contributed by atoms with E-state index >= 15 is 0 Å². The molecule has 0 amide bonds. The van der Waals surface area contributed by atoms with E-state index in [4.69, 9.17) is 5.11 Å². The van der Waals surface area contributed by atoms with Crippen LogP contribution in [0, 0.1) is 5.41 Å². The molecule has 1 aromatic rings. The number of nitrogens with one attached hydrogen (secondary N) is 1. The molecule has 0 saturated heterocycles. The summed E-state index contributed by atoms with van der Waals surface area (Å²) in [6.07, 6.45) is 8.72. The summed E-state index contributed by atoms with van der Waals surface area (Å²) in [7, 11) is 0. The van der Waals surface area contributed by atoms with Crippen molar-refractivity contribution in [3.05, 3.63) is 22.7 Å². The molecule has 1 aromatic heterocycles. The van der Waals surface area contributed by atoms with E-state index in [1.54, 1.807) is 17.0 Å². The van der Waals surface area contributed by atoms with E-state index in [9.17, 15) is 4.79 Å². The van der Waals surface area contributed by atoms with Crippen LogP contribution in [0.25, 0.3) is 0 Å². The summed E-state index contributed by atoms with van der Waals surface area (Å²) in [6.45, 7) is 0.959. The van der Waals surface area contributed by atoms with E-state index in [0.717, 1.165) is 38.6 Å². The molecule has 0 spiro atoms. The highest BCUT2D eigenvalue weighted by Gasteiger charge is 2.41. The Morgan fingerprint density at radius 3 is 2.89 bits per heavy atom. The Hall–Kier alpha value is -1.36. The first-order valence-corrected chi connectivity index (χ1v) is 6.66. The minimum absolute atomic E-state index is 0.0141. The van der Waals surface area contributed by atoms with Gasteiger partial charge in [0.05, 0.1) is 0 Å². The van der Waals surface area contributed by atoms with Crippen LogP contribution in [0.4, 0.5) is 5.82 Å². The topological polar surface area (TPSA) is 67.2 Å². The van der Waals surface area contributed by atoms with Crippen LogP contribution in [-0.2, 0) is 0 Å². The van der Waals surface area contributed by atoms with Gasteiger partial charge in [0.1, 0.15) is 0 Å². The Bertz CT molecular complexity index is 489. The number of nitrogens with zero attached hydrogens (tertiary/aromatic N) is 2. The molecule has 0 unspecified atom stereocenters. The zero-order valence-electron chi connectivity index (χ0n) is 10.4. The third kappa shape index (κ3) is 2.27. The summed E-state index contributed by atoms with van der Waals surface area (Å²) in [5.74, 6) is 0.452. The van der Waals surface area contributed by atoms with Gasteiger partial charge in [0.2, 0.25) is 0 Å². The maximum atomic E-state index is 12.1. The van der Waals surface area contributed by atoms with Crippen LogP contribution in [0.15, 0.2) is 17.2 Å². The van der Waals surface area contributed by atoms with Gasteiger partial charge in [0.15, 0.2) is 5.82 Å². The van der Waals surface area contributed by atoms with Gasteiger partial charge in [-0.3, -0.25) is 4.79 Å². The van der Waals surface area contributed by atoms with Crippen molar-refractivity contribution in [2.24, 2.45) is 5.41 Å². The molecule has 0 bridgehead atoms. The lowest BCUT2D eigenvalue weighted by molar-refractivity contribution is 0.253. The highest BCUT2D eigenvalue weighted by atomic mass is 16.3. The molecule has 2 fully saturated rings. The normalized spacial score (nSPS) is 20.7. The molecular weight excluding hydrogens is 230 g/mol. The number of aliphatic hydroxyl groups excluding tert-OH is 1. The Balaban J connectivity index is 1.69. The summed E-state index contributed by atoms with van der Waals surface area (Å²) in [5.41, 5.74) is 0.183. The monoisotopic (exact) mass is 249 g/mol. The molecular formula is C13H19N3O2. The predicted molar refractivity (Wildman–Crippen MR) is 68.6 cm³/mol. The molecule has 2 aliphatic carbocycles. The van der Waals surface area contributed by atoms with Gasteiger partial charge in [0.25, 0.3) is 5.56 Å². The molecule has 5 heteroatoms. The van der Waals surface area contributed by atoms with Gasteiger partial charge in [-0.25, -0.2) is 4.98 Å². The van der Waals surface area contributed by atoms with Crippen LogP contribution < -0.4 is 10.9 Å². The maximum Gasteiger partial charge on any atom is 0.293 e. The van der Waals surface area contributed by atoms with Crippen LogP contribution in [0.3, 0.4) is 0 Å². The highest BCUT2D eigenvalue weighted by molar-refractivity contribution is 5.32. The van der Waals surface area contributed by atoms with Gasteiger partial charge in [-0.1, -0.05) is 0 Å². The third-order valence-electron chi connectivity index (χ3n) is 4.04. The van der Waals surface area contributed by atoms with E-state index in [1.807, 2.05) is 0 Å². The molecule has 2 saturated carbocycles. The number of hydrogen-bond acceptors (Lipinski definition) is 4. The number of aromatic nitrogens is 2. The van der Waals surface area contributed by atoms with Gasteiger partial charge in [-0.2, -0.15) is 0 Å². The molecule has 2 N–H and O–H groups in total. The summed E-state index contributed by atoms with van der Waals surface area (Å²) in [6, 6.07) is 0.383. The molecule has 2 aliphatic rings.